The molecule has 1 fully saturated rings. The minimum absolute atomic E-state index is 0.138. The summed E-state index contributed by atoms with van der Waals surface area (Å²) in [4.78, 5) is 22.9. The Morgan fingerprint density at radius 2 is 1.82 bits per heavy atom. The van der Waals surface area contributed by atoms with Gasteiger partial charge in [-0.05, 0) is 43.5 Å². The van der Waals surface area contributed by atoms with Crippen LogP contribution in [0.15, 0.2) is 49.0 Å². The topological polar surface area (TPSA) is 82.7 Å². The molecule has 2 aliphatic rings. The predicted octanol–water partition coefficient (Wildman–Crippen LogP) is 3.86. The monoisotopic (exact) mass is 450 g/mol. The lowest BCUT2D eigenvalue weighted by atomic mass is 10.0. The smallest absolute Gasteiger partial charge is 0.226 e. The second-order valence-corrected chi connectivity index (χ2v) is 8.91. The fourth-order valence-electron chi connectivity index (χ4n) is 3.91. The summed E-state index contributed by atoms with van der Waals surface area (Å²) < 4.78 is 5.30. The zero-order valence-corrected chi connectivity index (χ0v) is 20.0. The van der Waals surface area contributed by atoms with Crippen LogP contribution in [0.1, 0.15) is 49.8 Å². The standard InChI is InChI=1S/C21H27N3O.C5H7NO2/c1-15-19-11-6-8-16(20(19)14-24(15)4)13-22-21(2,3)23-17-9-7-10-18(12-17)25-5;7-4-2-1-3-5(8)6-4/h6-12,22-23H,1,13-14H2,2-5H3;1-3H2,(H,6,7,8). The summed E-state index contributed by atoms with van der Waals surface area (Å²) in [6, 6.07) is 14.5. The zero-order valence-electron chi connectivity index (χ0n) is 20.0. The van der Waals surface area contributed by atoms with Crippen molar-refractivity contribution < 1.29 is 14.3 Å². The zero-order chi connectivity index (χ0) is 24.0. The van der Waals surface area contributed by atoms with E-state index in [1.807, 2.05) is 24.3 Å². The third-order valence-electron chi connectivity index (χ3n) is 5.77. The van der Waals surface area contributed by atoms with Crippen LogP contribution in [-0.2, 0) is 22.7 Å². The van der Waals surface area contributed by atoms with E-state index in [1.54, 1.807) is 7.11 Å². The van der Waals surface area contributed by atoms with Crippen molar-refractivity contribution in [1.82, 2.24) is 15.5 Å². The molecule has 2 aliphatic heterocycles. The number of hydrogen-bond donors (Lipinski definition) is 3. The Balaban J connectivity index is 0.000000323. The molecule has 1 saturated heterocycles. The van der Waals surface area contributed by atoms with E-state index in [4.69, 9.17) is 4.74 Å². The van der Waals surface area contributed by atoms with Gasteiger partial charge in [-0.2, -0.15) is 0 Å². The lowest BCUT2D eigenvalue weighted by molar-refractivity contribution is -0.132. The molecule has 2 heterocycles. The molecule has 0 radical (unpaired) electrons. The number of benzene rings is 2. The van der Waals surface area contributed by atoms with Crippen LogP contribution in [0.4, 0.5) is 5.69 Å². The van der Waals surface area contributed by atoms with E-state index in [2.05, 4.69) is 66.5 Å². The van der Waals surface area contributed by atoms with Crippen LogP contribution in [0.25, 0.3) is 5.70 Å². The molecule has 4 rings (SSSR count). The molecule has 0 spiro atoms. The number of piperidine rings is 1. The molecule has 2 amide bonds. The Kier molecular flexibility index (Phi) is 7.76. The molecule has 0 aromatic heterocycles. The van der Waals surface area contributed by atoms with Gasteiger partial charge in [-0.3, -0.25) is 20.2 Å². The highest BCUT2D eigenvalue weighted by atomic mass is 16.5. The van der Waals surface area contributed by atoms with E-state index in [0.717, 1.165) is 30.2 Å². The molecule has 0 unspecified atom stereocenters. The Morgan fingerprint density at radius 3 is 2.45 bits per heavy atom. The van der Waals surface area contributed by atoms with Crippen LogP contribution >= 0.6 is 0 Å². The summed E-state index contributed by atoms with van der Waals surface area (Å²) in [5, 5.41) is 9.35. The second-order valence-electron chi connectivity index (χ2n) is 8.91. The summed E-state index contributed by atoms with van der Waals surface area (Å²) in [7, 11) is 3.77. The number of amides is 2. The van der Waals surface area contributed by atoms with Crippen LogP contribution in [-0.4, -0.2) is 36.5 Å². The highest BCUT2D eigenvalue weighted by Gasteiger charge is 2.23. The van der Waals surface area contributed by atoms with Gasteiger partial charge < -0.3 is 15.0 Å². The Hall–Kier alpha value is -3.32. The number of hydrogen-bond acceptors (Lipinski definition) is 6. The van der Waals surface area contributed by atoms with Crippen molar-refractivity contribution in [3.8, 4) is 5.75 Å². The molecule has 2 aromatic carbocycles. The number of fused-ring (bicyclic) bond motifs is 1. The second kappa shape index (κ2) is 10.5. The van der Waals surface area contributed by atoms with Gasteiger partial charge in [-0.1, -0.05) is 30.8 Å². The van der Waals surface area contributed by atoms with Crippen molar-refractivity contribution in [2.45, 2.75) is 51.9 Å². The first-order valence-corrected chi connectivity index (χ1v) is 11.2. The number of anilines is 1. The maximum absolute atomic E-state index is 10.3. The van der Waals surface area contributed by atoms with Gasteiger partial charge in [0.25, 0.3) is 0 Å². The molecule has 176 valence electrons. The van der Waals surface area contributed by atoms with Crippen LogP contribution < -0.4 is 20.7 Å². The molecule has 0 saturated carbocycles. The first-order chi connectivity index (χ1) is 15.7. The first-order valence-electron chi connectivity index (χ1n) is 11.2. The van der Waals surface area contributed by atoms with Crippen molar-refractivity contribution in [1.29, 1.82) is 0 Å². The van der Waals surface area contributed by atoms with Gasteiger partial charge in [-0.25, -0.2) is 0 Å². The fourth-order valence-corrected chi connectivity index (χ4v) is 3.91. The predicted molar refractivity (Wildman–Crippen MR) is 131 cm³/mol. The molecule has 2 aromatic rings. The average Bonchev–Trinajstić information content (AvgIpc) is 3.07. The maximum Gasteiger partial charge on any atom is 0.226 e. The summed E-state index contributed by atoms with van der Waals surface area (Å²) in [6.07, 6.45) is 1.72. The Bertz CT molecular complexity index is 1020. The molecule has 0 atom stereocenters. The molecular weight excluding hydrogens is 416 g/mol. The third kappa shape index (κ3) is 6.58. The number of imide groups is 1. The summed E-state index contributed by atoms with van der Waals surface area (Å²) in [5.41, 5.74) is 5.84. The quantitative estimate of drug-likeness (QED) is 0.458. The number of ether oxygens (including phenoxy) is 1. The number of methoxy groups -OCH3 is 1. The third-order valence-corrected chi connectivity index (χ3v) is 5.77. The average molecular weight is 451 g/mol. The van der Waals surface area contributed by atoms with E-state index >= 15 is 0 Å². The van der Waals surface area contributed by atoms with E-state index in [1.165, 1.54) is 16.7 Å². The van der Waals surface area contributed by atoms with Gasteiger partial charge in [0, 0.05) is 56.0 Å². The maximum atomic E-state index is 10.3. The van der Waals surface area contributed by atoms with E-state index in [0.29, 0.717) is 19.3 Å². The Morgan fingerprint density at radius 1 is 1.12 bits per heavy atom. The molecule has 7 nitrogen and oxygen atoms in total. The van der Waals surface area contributed by atoms with E-state index in [9.17, 15) is 9.59 Å². The Labute approximate surface area is 196 Å². The number of nitrogens with zero attached hydrogens (tertiary/aromatic N) is 1. The van der Waals surface area contributed by atoms with Crippen molar-refractivity contribution >= 4 is 23.2 Å². The molecule has 0 aliphatic carbocycles. The largest absolute Gasteiger partial charge is 0.497 e. The van der Waals surface area contributed by atoms with Crippen molar-refractivity contribution in [3.63, 3.8) is 0 Å². The number of nitrogens with one attached hydrogen (secondary N) is 3. The van der Waals surface area contributed by atoms with Crippen LogP contribution in [0.5, 0.6) is 5.75 Å². The van der Waals surface area contributed by atoms with Gasteiger partial charge in [0.15, 0.2) is 0 Å². The van der Waals surface area contributed by atoms with Gasteiger partial charge in [0.1, 0.15) is 5.75 Å². The van der Waals surface area contributed by atoms with Crippen molar-refractivity contribution in [2.75, 3.05) is 19.5 Å². The van der Waals surface area contributed by atoms with E-state index in [-0.39, 0.29) is 17.5 Å². The lowest BCUT2D eigenvalue weighted by Gasteiger charge is -2.29. The van der Waals surface area contributed by atoms with Crippen LogP contribution in [0, 0.1) is 0 Å². The van der Waals surface area contributed by atoms with Gasteiger partial charge >= 0.3 is 0 Å². The SMILES string of the molecule is C=C1c2cccc(CNC(C)(C)Nc3cccc(OC)c3)c2CN1C.O=C1CCCC(=O)N1. The molecular formula is C26H34N4O3. The summed E-state index contributed by atoms with van der Waals surface area (Å²) in [5.74, 6) is 0.575. The molecule has 3 N–H and O–H groups in total. The summed E-state index contributed by atoms with van der Waals surface area (Å²) >= 11 is 0. The molecule has 0 bridgehead atoms. The molecule has 7 heteroatoms. The number of rotatable bonds is 6. The minimum Gasteiger partial charge on any atom is -0.497 e. The van der Waals surface area contributed by atoms with Crippen LogP contribution in [0.2, 0.25) is 0 Å². The summed E-state index contributed by atoms with van der Waals surface area (Å²) in [6.45, 7) is 10.2. The number of carbonyl (C=O) groups excluding carboxylic acids is 2. The molecule has 33 heavy (non-hydrogen) atoms. The van der Waals surface area contributed by atoms with Crippen molar-refractivity contribution in [3.05, 3.63) is 65.7 Å². The first kappa shape index (κ1) is 24.3. The fraction of sp³-hybridized carbons (Fsp3) is 0.385. The van der Waals surface area contributed by atoms with Gasteiger partial charge in [0.2, 0.25) is 11.8 Å². The highest BCUT2D eigenvalue weighted by Crippen LogP contribution is 2.32. The van der Waals surface area contributed by atoms with Crippen molar-refractivity contribution in [2.24, 2.45) is 0 Å². The number of carbonyl (C=O) groups is 2. The van der Waals surface area contributed by atoms with E-state index < -0.39 is 0 Å². The highest BCUT2D eigenvalue weighted by molar-refractivity contribution is 5.97. The van der Waals surface area contributed by atoms with Gasteiger partial charge in [-0.15, -0.1) is 0 Å². The minimum atomic E-state index is -0.253. The normalized spacial score (nSPS) is 15.4. The lowest BCUT2D eigenvalue weighted by Crippen LogP contribution is -2.46. The van der Waals surface area contributed by atoms with Crippen LogP contribution in [0.3, 0.4) is 0 Å². The van der Waals surface area contributed by atoms with Gasteiger partial charge in [0.05, 0.1) is 12.8 Å².